The molecule has 7 nitrogen and oxygen atoms in total. The summed E-state index contributed by atoms with van der Waals surface area (Å²) >= 11 is 0. The van der Waals surface area contributed by atoms with Crippen LogP contribution < -0.4 is 0 Å². The second-order valence-electron chi connectivity index (χ2n) is 5.62. The van der Waals surface area contributed by atoms with Crippen LogP contribution in [0.1, 0.15) is 16.9 Å². The van der Waals surface area contributed by atoms with E-state index >= 15 is 0 Å². The van der Waals surface area contributed by atoms with E-state index in [0.717, 1.165) is 5.56 Å². The van der Waals surface area contributed by atoms with Gasteiger partial charge in [-0.25, -0.2) is 8.42 Å². The monoisotopic (exact) mass is 319 g/mol. The van der Waals surface area contributed by atoms with Gasteiger partial charge in [0, 0.05) is 36.6 Å². The standard InChI is InChI=1S/C14H13N3O4S/c18-14(17-7-11-4-10(17)8-22(11,19)20)12-5-13(21-16-12)9-2-1-3-15-6-9/h1-3,5-6,10-11H,4,7-8H2. The molecule has 2 aromatic heterocycles. The van der Waals surface area contributed by atoms with Crippen LogP contribution in [-0.2, 0) is 9.84 Å². The van der Waals surface area contributed by atoms with Crippen molar-refractivity contribution < 1.29 is 17.7 Å². The molecule has 0 spiro atoms. The van der Waals surface area contributed by atoms with E-state index in [0.29, 0.717) is 12.2 Å². The van der Waals surface area contributed by atoms with Crippen LogP contribution in [0.5, 0.6) is 0 Å². The van der Waals surface area contributed by atoms with Gasteiger partial charge in [0.1, 0.15) is 0 Å². The van der Waals surface area contributed by atoms with E-state index in [4.69, 9.17) is 4.52 Å². The van der Waals surface area contributed by atoms with Crippen LogP contribution in [0, 0.1) is 0 Å². The fraction of sp³-hybridized carbons (Fsp3) is 0.357. The van der Waals surface area contributed by atoms with Gasteiger partial charge in [-0.2, -0.15) is 0 Å². The average molecular weight is 319 g/mol. The molecular formula is C14H13N3O4S. The number of pyridine rings is 1. The SMILES string of the molecule is O=C(c1cc(-c2cccnc2)on1)N1CC2CC1CS2(=O)=O. The van der Waals surface area contributed by atoms with Crippen molar-refractivity contribution in [2.24, 2.45) is 0 Å². The summed E-state index contributed by atoms with van der Waals surface area (Å²) in [5.41, 5.74) is 0.934. The van der Waals surface area contributed by atoms with Gasteiger partial charge in [-0.3, -0.25) is 9.78 Å². The van der Waals surface area contributed by atoms with Gasteiger partial charge in [0.25, 0.3) is 5.91 Å². The Labute approximate surface area is 126 Å². The number of amides is 1. The van der Waals surface area contributed by atoms with E-state index < -0.39 is 15.1 Å². The highest BCUT2D eigenvalue weighted by Gasteiger charge is 2.50. The molecule has 0 N–H and O–H groups in total. The molecule has 0 saturated carbocycles. The number of fused-ring (bicyclic) bond motifs is 2. The number of rotatable bonds is 2. The smallest absolute Gasteiger partial charge is 0.276 e. The summed E-state index contributed by atoms with van der Waals surface area (Å²) in [6, 6.07) is 4.91. The average Bonchev–Trinajstić information content (AvgIpc) is 3.20. The van der Waals surface area contributed by atoms with E-state index in [1.54, 1.807) is 29.4 Å². The number of nitrogens with zero attached hydrogens (tertiary/aromatic N) is 3. The maximum absolute atomic E-state index is 12.5. The fourth-order valence-corrected chi connectivity index (χ4v) is 5.14. The van der Waals surface area contributed by atoms with Crippen LogP contribution in [0.25, 0.3) is 11.3 Å². The van der Waals surface area contributed by atoms with Crippen molar-refractivity contribution in [3.05, 3.63) is 36.3 Å². The number of likely N-dealkylation sites (tertiary alicyclic amines) is 1. The van der Waals surface area contributed by atoms with Crippen LogP contribution in [0.3, 0.4) is 0 Å². The molecule has 2 atom stereocenters. The van der Waals surface area contributed by atoms with Crippen molar-refractivity contribution in [3.8, 4) is 11.3 Å². The number of carbonyl (C=O) groups excluding carboxylic acids is 1. The number of aromatic nitrogens is 2. The van der Waals surface area contributed by atoms with Crippen molar-refractivity contribution in [1.29, 1.82) is 0 Å². The lowest BCUT2D eigenvalue weighted by Gasteiger charge is -2.25. The highest BCUT2D eigenvalue weighted by Crippen LogP contribution is 2.34. The molecule has 4 rings (SSSR count). The molecular weight excluding hydrogens is 306 g/mol. The Hall–Kier alpha value is -2.22. The Balaban J connectivity index is 1.57. The Kier molecular flexibility index (Phi) is 2.83. The molecule has 4 heterocycles. The molecule has 0 radical (unpaired) electrons. The number of hydrogen-bond donors (Lipinski definition) is 0. The van der Waals surface area contributed by atoms with Gasteiger partial charge in [-0.15, -0.1) is 0 Å². The van der Waals surface area contributed by atoms with Gasteiger partial charge < -0.3 is 9.42 Å². The maximum atomic E-state index is 12.5. The second kappa shape index (κ2) is 4.64. The summed E-state index contributed by atoms with van der Waals surface area (Å²) in [5, 5.41) is 3.39. The third kappa shape index (κ3) is 2.02. The van der Waals surface area contributed by atoms with E-state index in [1.165, 1.54) is 0 Å². The zero-order chi connectivity index (χ0) is 15.3. The normalized spacial score (nSPS) is 25.5. The van der Waals surface area contributed by atoms with Crippen molar-refractivity contribution in [1.82, 2.24) is 15.0 Å². The molecule has 2 unspecified atom stereocenters. The van der Waals surface area contributed by atoms with Gasteiger partial charge >= 0.3 is 0 Å². The molecule has 0 aromatic carbocycles. The Morgan fingerprint density at radius 2 is 2.27 bits per heavy atom. The van der Waals surface area contributed by atoms with Crippen molar-refractivity contribution in [2.45, 2.75) is 17.7 Å². The Bertz CT molecular complexity index is 831. The summed E-state index contributed by atoms with van der Waals surface area (Å²) in [5.74, 6) is 0.242. The van der Waals surface area contributed by atoms with E-state index in [1.807, 2.05) is 6.07 Å². The first-order chi connectivity index (χ1) is 10.5. The summed E-state index contributed by atoms with van der Waals surface area (Å²) in [7, 11) is -3.02. The summed E-state index contributed by atoms with van der Waals surface area (Å²) in [6.07, 6.45) is 3.80. The topological polar surface area (TPSA) is 93.4 Å². The van der Waals surface area contributed by atoms with E-state index in [9.17, 15) is 13.2 Å². The molecule has 2 aliphatic rings. The summed E-state index contributed by atoms with van der Waals surface area (Å²) < 4.78 is 28.7. The van der Waals surface area contributed by atoms with Gasteiger partial charge in [0.05, 0.1) is 11.0 Å². The number of sulfone groups is 1. The Morgan fingerprint density at radius 3 is 2.91 bits per heavy atom. The lowest BCUT2D eigenvalue weighted by atomic mass is 10.2. The van der Waals surface area contributed by atoms with Crippen molar-refractivity contribution >= 4 is 15.7 Å². The molecule has 22 heavy (non-hydrogen) atoms. The lowest BCUT2D eigenvalue weighted by Crippen LogP contribution is -2.44. The van der Waals surface area contributed by atoms with Crippen LogP contribution in [-0.4, -0.2) is 53.0 Å². The summed E-state index contributed by atoms with van der Waals surface area (Å²) in [4.78, 5) is 18.1. The van der Waals surface area contributed by atoms with Crippen molar-refractivity contribution in [2.75, 3.05) is 12.3 Å². The molecule has 1 amide bonds. The van der Waals surface area contributed by atoms with Crippen LogP contribution in [0.2, 0.25) is 0 Å². The maximum Gasteiger partial charge on any atom is 0.276 e. The predicted molar refractivity (Wildman–Crippen MR) is 76.8 cm³/mol. The molecule has 8 heteroatoms. The minimum atomic E-state index is -3.02. The molecule has 2 aromatic rings. The van der Waals surface area contributed by atoms with Crippen LogP contribution in [0.4, 0.5) is 0 Å². The molecule has 0 aliphatic carbocycles. The zero-order valence-electron chi connectivity index (χ0n) is 11.5. The number of hydrogen-bond acceptors (Lipinski definition) is 6. The van der Waals surface area contributed by atoms with Gasteiger partial charge in [0.15, 0.2) is 21.3 Å². The van der Waals surface area contributed by atoms with Gasteiger partial charge in [0.2, 0.25) is 0 Å². The third-order valence-corrected chi connectivity index (χ3v) is 6.45. The third-order valence-electron chi connectivity index (χ3n) is 4.24. The summed E-state index contributed by atoms with van der Waals surface area (Å²) in [6.45, 7) is 0.251. The molecule has 114 valence electrons. The number of carbonyl (C=O) groups is 1. The Morgan fingerprint density at radius 1 is 1.41 bits per heavy atom. The predicted octanol–water partition coefficient (Wildman–Crippen LogP) is 0.748. The van der Waals surface area contributed by atoms with E-state index in [-0.39, 0.29) is 29.9 Å². The second-order valence-corrected chi connectivity index (χ2v) is 7.94. The van der Waals surface area contributed by atoms with Gasteiger partial charge in [-0.1, -0.05) is 5.16 Å². The molecule has 2 bridgehead atoms. The minimum Gasteiger partial charge on any atom is -0.355 e. The first kappa shape index (κ1) is 13.4. The van der Waals surface area contributed by atoms with E-state index in [2.05, 4.69) is 10.1 Å². The van der Waals surface area contributed by atoms with Crippen molar-refractivity contribution in [3.63, 3.8) is 0 Å². The first-order valence-electron chi connectivity index (χ1n) is 6.94. The van der Waals surface area contributed by atoms with Gasteiger partial charge in [-0.05, 0) is 18.6 Å². The highest BCUT2D eigenvalue weighted by atomic mass is 32.2. The largest absolute Gasteiger partial charge is 0.355 e. The minimum absolute atomic E-state index is 0.0523. The molecule has 2 aliphatic heterocycles. The highest BCUT2D eigenvalue weighted by molar-refractivity contribution is 7.92. The first-order valence-corrected chi connectivity index (χ1v) is 8.66. The molecule has 2 saturated heterocycles. The molecule has 2 fully saturated rings. The van der Waals surface area contributed by atoms with Crippen LogP contribution >= 0.6 is 0 Å². The quantitative estimate of drug-likeness (QED) is 0.811. The lowest BCUT2D eigenvalue weighted by molar-refractivity contribution is 0.0735. The zero-order valence-corrected chi connectivity index (χ0v) is 12.4. The van der Waals surface area contributed by atoms with Crippen LogP contribution in [0.15, 0.2) is 35.1 Å². The fourth-order valence-electron chi connectivity index (χ4n) is 3.11.